The second kappa shape index (κ2) is 14.1. The third-order valence-electron chi connectivity index (χ3n) is 3.33. The summed E-state index contributed by atoms with van der Waals surface area (Å²) in [5.74, 6) is 0.779. The highest BCUT2D eigenvalue weighted by Gasteiger charge is 2.00. The molecule has 0 aliphatic heterocycles. The molecule has 0 saturated heterocycles. The fourth-order valence-electron chi connectivity index (χ4n) is 2.22. The first kappa shape index (κ1) is 22.7. The van der Waals surface area contributed by atoms with Crippen LogP contribution in [0.25, 0.3) is 0 Å². The molecule has 0 atom stereocenters. The second-order valence-electron chi connectivity index (χ2n) is 5.56. The fraction of sp³-hybridized carbons (Fsp3) is 0.556. The largest absolute Gasteiger partial charge is 0.357 e. The van der Waals surface area contributed by atoms with Gasteiger partial charge in [-0.25, -0.2) is 4.99 Å². The summed E-state index contributed by atoms with van der Waals surface area (Å²) >= 11 is 0. The van der Waals surface area contributed by atoms with E-state index in [9.17, 15) is 4.79 Å². The van der Waals surface area contributed by atoms with E-state index in [0.717, 1.165) is 36.7 Å². The van der Waals surface area contributed by atoms with Gasteiger partial charge in [-0.15, -0.1) is 24.0 Å². The lowest BCUT2D eigenvalue weighted by molar-refractivity contribution is -0.114. The van der Waals surface area contributed by atoms with E-state index < -0.39 is 0 Å². The van der Waals surface area contributed by atoms with Gasteiger partial charge in [0, 0.05) is 25.7 Å². The van der Waals surface area contributed by atoms with Crippen LogP contribution in [-0.2, 0) is 11.3 Å². The Labute approximate surface area is 163 Å². The van der Waals surface area contributed by atoms with Gasteiger partial charge in [-0.1, -0.05) is 38.3 Å². The molecule has 0 radical (unpaired) electrons. The molecule has 1 aromatic carbocycles. The first-order valence-corrected chi connectivity index (χ1v) is 8.54. The molecule has 1 rings (SSSR count). The molecule has 0 saturated carbocycles. The van der Waals surface area contributed by atoms with E-state index >= 15 is 0 Å². The van der Waals surface area contributed by atoms with Crippen molar-refractivity contribution in [3.63, 3.8) is 0 Å². The zero-order valence-corrected chi connectivity index (χ0v) is 17.4. The lowest BCUT2D eigenvalue weighted by Crippen LogP contribution is -2.37. The van der Waals surface area contributed by atoms with Gasteiger partial charge in [-0.3, -0.25) is 4.79 Å². The van der Waals surface area contributed by atoms with Gasteiger partial charge in [0.1, 0.15) is 0 Å². The molecule has 5 nitrogen and oxygen atoms in total. The highest BCUT2D eigenvalue weighted by atomic mass is 127. The van der Waals surface area contributed by atoms with Crippen LogP contribution < -0.4 is 16.0 Å². The van der Waals surface area contributed by atoms with Gasteiger partial charge in [0.05, 0.1) is 6.54 Å². The lowest BCUT2D eigenvalue weighted by atomic mass is 10.2. The Morgan fingerprint density at radius 1 is 1.12 bits per heavy atom. The molecule has 0 fully saturated rings. The number of carbonyl (C=O) groups excluding carboxylic acids is 1. The van der Waals surface area contributed by atoms with Crippen molar-refractivity contribution >= 4 is 41.5 Å². The molecule has 1 aromatic rings. The molecule has 136 valence electrons. The van der Waals surface area contributed by atoms with Gasteiger partial charge in [0.15, 0.2) is 5.96 Å². The summed E-state index contributed by atoms with van der Waals surface area (Å²) in [5.41, 5.74) is 1.88. The van der Waals surface area contributed by atoms with Gasteiger partial charge in [0.25, 0.3) is 0 Å². The number of rotatable bonds is 9. The second-order valence-corrected chi connectivity index (χ2v) is 5.56. The molecule has 0 bridgehead atoms. The van der Waals surface area contributed by atoms with Crippen LogP contribution in [0.5, 0.6) is 0 Å². The fourth-order valence-corrected chi connectivity index (χ4v) is 2.22. The monoisotopic (exact) mass is 446 g/mol. The average Bonchev–Trinajstić information content (AvgIpc) is 2.52. The zero-order chi connectivity index (χ0) is 16.9. The van der Waals surface area contributed by atoms with Crippen molar-refractivity contribution in [1.29, 1.82) is 0 Å². The molecule has 0 unspecified atom stereocenters. The molecule has 1 amide bonds. The van der Waals surface area contributed by atoms with Crippen LogP contribution in [0.4, 0.5) is 5.69 Å². The van der Waals surface area contributed by atoms with E-state index in [1.807, 2.05) is 24.3 Å². The van der Waals surface area contributed by atoms with Crippen molar-refractivity contribution in [2.75, 3.05) is 18.4 Å². The predicted molar refractivity (Wildman–Crippen MR) is 113 cm³/mol. The van der Waals surface area contributed by atoms with E-state index in [-0.39, 0.29) is 29.9 Å². The molecule has 6 heteroatoms. The summed E-state index contributed by atoms with van der Waals surface area (Å²) < 4.78 is 0. The van der Waals surface area contributed by atoms with E-state index in [4.69, 9.17) is 0 Å². The quantitative estimate of drug-likeness (QED) is 0.233. The van der Waals surface area contributed by atoms with Gasteiger partial charge in [-0.05, 0) is 31.0 Å². The molecular weight excluding hydrogens is 415 g/mol. The topological polar surface area (TPSA) is 65.5 Å². The summed E-state index contributed by atoms with van der Waals surface area (Å²) in [6, 6.07) is 7.78. The Morgan fingerprint density at radius 3 is 2.58 bits per heavy atom. The molecule has 0 aliphatic rings. The lowest BCUT2D eigenvalue weighted by Gasteiger charge is -2.11. The summed E-state index contributed by atoms with van der Waals surface area (Å²) in [6.07, 6.45) is 4.95. The third kappa shape index (κ3) is 10.5. The normalized spacial score (nSPS) is 10.7. The Bertz CT molecular complexity index is 506. The molecular formula is C18H31IN4O. The number of benzene rings is 1. The number of hydrogen-bond acceptors (Lipinski definition) is 2. The number of anilines is 1. The average molecular weight is 446 g/mol. The Hall–Kier alpha value is -1.31. The van der Waals surface area contributed by atoms with Crippen LogP contribution >= 0.6 is 24.0 Å². The number of hydrogen-bond donors (Lipinski definition) is 3. The molecule has 0 spiro atoms. The number of nitrogens with one attached hydrogen (secondary N) is 3. The standard InChI is InChI=1S/C18H30N4O.HI/c1-4-6-7-8-12-20-18(19-5-2)21-14-16-10-9-11-17(13-16)22-15(3)23;/h9-11,13H,4-8,12,14H2,1-3H3,(H,22,23)(H2,19,20,21);1H. The van der Waals surface area contributed by atoms with E-state index in [1.54, 1.807) is 0 Å². The maximum atomic E-state index is 11.1. The molecule has 0 heterocycles. The Balaban J connectivity index is 0.00000529. The van der Waals surface area contributed by atoms with Crippen molar-refractivity contribution in [1.82, 2.24) is 10.6 Å². The smallest absolute Gasteiger partial charge is 0.221 e. The minimum atomic E-state index is -0.0623. The number of guanidine groups is 1. The number of nitrogens with zero attached hydrogens (tertiary/aromatic N) is 1. The number of aliphatic imine (C=N–C) groups is 1. The van der Waals surface area contributed by atoms with Crippen LogP contribution in [0.3, 0.4) is 0 Å². The molecule has 3 N–H and O–H groups in total. The number of carbonyl (C=O) groups is 1. The number of amides is 1. The van der Waals surface area contributed by atoms with Crippen molar-refractivity contribution in [3.05, 3.63) is 29.8 Å². The van der Waals surface area contributed by atoms with Crippen LogP contribution in [0.1, 0.15) is 52.0 Å². The van der Waals surface area contributed by atoms with Gasteiger partial charge in [0.2, 0.25) is 5.91 Å². The summed E-state index contributed by atoms with van der Waals surface area (Å²) in [7, 11) is 0. The zero-order valence-electron chi connectivity index (χ0n) is 15.0. The van der Waals surface area contributed by atoms with Crippen LogP contribution in [0, 0.1) is 0 Å². The maximum absolute atomic E-state index is 11.1. The third-order valence-corrected chi connectivity index (χ3v) is 3.33. The van der Waals surface area contributed by atoms with Crippen LogP contribution in [-0.4, -0.2) is 25.0 Å². The maximum Gasteiger partial charge on any atom is 0.221 e. The minimum Gasteiger partial charge on any atom is -0.357 e. The highest BCUT2D eigenvalue weighted by molar-refractivity contribution is 14.0. The molecule has 0 aromatic heterocycles. The minimum absolute atomic E-state index is 0. The first-order valence-electron chi connectivity index (χ1n) is 8.54. The highest BCUT2D eigenvalue weighted by Crippen LogP contribution is 2.11. The van der Waals surface area contributed by atoms with Crippen LogP contribution in [0.2, 0.25) is 0 Å². The summed E-state index contributed by atoms with van der Waals surface area (Å²) in [5, 5.41) is 9.42. The molecule has 0 aliphatic carbocycles. The summed E-state index contributed by atoms with van der Waals surface area (Å²) in [4.78, 5) is 15.7. The van der Waals surface area contributed by atoms with Crippen molar-refractivity contribution in [2.24, 2.45) is 4.99 Å². The van der Waals surface area contributed by atoms with E-state index in [0.29, 0.717) is 6.54 Å². The Kier molecular flexibility index (Phi) is 13.3. The molecule has 24 heavy (non-hydrogen) atoms. The SMILES string of the molecule is CCCCCCNC(=NCc1cccc(NC(C)=O)c1)NCC.I. The van der Waals surface area contributed by atoms with E-state index in [2.05, 4.69) is 34.8 Å². The van der Waals surface area contributed by atoms with E-state index in [1.165, 1.54) is 26.2 Å². The van der Waals surface area contributed by atoms with Gasteiger partial charge in [-0.2, -0.15) is 0 Å². The van der Waals surface area contributed by atoms with Crippen molar-refractivity contribution < 1.29 is 4.79 Å². The van der Waals surface area contributed by atoms with Gasteiger partial charge < -0.3 is 16.0 Å². The first-order chi connectivity index (χ1) is 11.2. The van der Waals surface area contributed by atoms with Crippen molar-refractivity contribution in [3.8, 4) is 0 Å². The summed E-state index contributed by atoms with van der Waals surface area (Å²) in [6.45, 7) is 8.15. The number of halogens is 1. The van der Waals surface area contributed by atoms with Gasteiger partial charge >= 0.3 is 0 Å². The Morgan fingerprint density at radius 2 is 1.92 bits per heavy atom. The predicted octanol–water partition coefficient (Wildman–Crippen LogP) is 3.90. The van der Waals surface area contributed by atoms with Crippen molar-refractivity contribution in [2.45, 2.75) is 53.0 Å². The number of unbranched alkanes of at least 4 members (excludes halogenated alkanes) is 3. The van der Waals surface area contributed by atoms with Crippen LogP contribution in [0.15, 0.2) is 29.3 Å².